The molecule has 3 heterocycles. The van der Waals surface area contributed by atoms with E-state index in [1.165, 1.54) is 0 Å². The number of hydrogen-bond donors (Lipinski definition) is 3. The Morgan fingerprint density at radius 3 is 3.14 bits per heavy atom. The summed E-state index contributed by atoms with van der Waals surface area (Å²) in [6, 6.07) is 5.83. The third kappa shape index (κ3) is 4.14. The van der Waals surface area contributed by atoms with Crippen LogP contribution in [-0.2, 0) is 6.42 Å². The van der Waals surface area contributed by atoms with Crippen molar-refractivity contribution >= 4 is 38.4 Å². The van der Waals surface area contributed by atoms with Crippen molar-refractivity contribution < 1.29 is 14.9 Å². The molecule has 1 unspecified atom stereocenters. The molecule has 0 radical (unpaired) electrons. The number of aryl methyl sites for hydroxylation is 1. The number of nitrogens with zero attached hydrogens (tertiary/aromatic N) is 4. The highest BCUT2D eigenvalue weighted by atomic mass is 79.9. The number of nitrogens with one attached hydrogen (secondary N) is 1. The fourth-order valence-corrected chi connectivity index (χ4v) is 3.98. The maximum atomic E-state index is 9.66. The Balaban J connectivity index is 1.58. The summed E-state index contributed by atoms with van der Waals surface area (Å²) in [5.41, 5.74) is 2.17. The molecule has 0 saturated carbocycles. The lowest BCUT2D eigenvalue weighted by Gasteiger charge is -2.26. The summed E-state index contributed by atoms with van der Waals surface area (Å²) in [7, 11) is 0. The molecule has 1 aliphatic rings. The molecular formula is C18H18BrN5O3S. The second-order valence-corrected chi connectivity index (χ2v) is 7.99. The fraction of sp³-hybridized carbons (Fsp3) is 0.333. The van der Waals surface area contributed by atoms with Crippen molar-refractivity contribution in [1.82, 2.24) is 19.3 Å². The smallest absolute Gasteiger partial charge is 0.208 e. The number of halogens is 1. The second-order valence-electron chi connectivity index (χ2n) is 6.32. The Kier molecular flexibility index (Phi) is 5.81. The van der Waals surface area contributed by atoms with E-state index in [2.05, 4.69) is 46.6 Å². The summed E-state index contributed by atoms with van der Waals surface area (Å²) >= 11 is 4.52. The van der Waals surface area contributed by atoms with E-state index in [1.807, 2.05) is 18.3 Å². The Hall–Kier alpha value is -2.14. The van der Waals surface area contributed by atoms with Gasteiger partial charge in [0.1, 0.15) is 12.2 Å². The van der Waals surface area contributed by atoms with Gasteiger partial charge in [0.25, 0.3) is 0 Å². The van der Waals surface area contributed by atoms with Crippen LogP contribution in [0.2, 0.25) is 0 Å². The Morgan fingerprint density at radius 2 is 2.29 bits per heavy atom. The maximum Gasteiger partial charge on any atom is 0.208 e. The number of ether oxygens (including phenoxy) is 1. The van der Waals surface area contributed by atoms with Crippen LogP contribution in [0.3, 0.4) is 0 Å². The number of aliphatic hydroxyl groups excluding tert-OH is 2. The zero-order valence-electron chi connectivity index (χ0n) is 14.7. The SMILES string of the molecule is OC[C@@H](O)c1nsc(Nc2ncc(Br)cc2OC2CCCc3ncccc32)n1. The summed E-state index contributed by atoms with van der Waals surface area (Å²) < 4.78 is 11.2. The number of fused-ring (bicyclic) bond motifs is 1. The van der Waals surface area contributed by atoms with E-state index in [4.69, 9.17) is 9.84 Å². The van der Waals surface area contributed by atoms with Gasteiger partial charge in [-0.3, -0.25) is 4.98 Å². The third-order valence-corrected chi connectivity index (χ3v) is 5.46. The Labute approximate surface area is 174 Å². The summed E-state index contributed by atoms with van der Waals surface area (Å²) in [4.78, 5) is 13.1. The zero-order chi connectivity index (χ0) is 19.5. The van der Waals surface area contributed by atoms with E-state index in [1.54, 1.807) is 6.20 Å². The number of hydrogen-bond acceptors (Lipinski definition) is 9. The summed E-state index contributed by atoms with van der Waals surface area (Å²) in [5.74, 6) is 1.25. The average Bonchev–Trinajstić information content (AvgIpc) is 3.18. The molecule has 0 aromatic carbocycles. The minimum atomic E-state index is -1.10. The minimum Gasteiger partial charge on any atom is -0.482 e. The van der Waals surface area contributed by atoms with Crippen LogP contribution in [0.25, 0.3) is 0 Å². The molecule has 28 heavy (non-hydrogen) atoms. The molecule has 0 amide bonds. The molecule has 0 saturated heterocycles. The number of aromatic nitrogens is 4. The van der Waals surface area contributed by atoms with Crippen LogP contribution in [0.15, 0.2) is 35.1 Å². The van der Waals surface area contributed by atoms with Crippen molar-refractivity contribution in [3.8, 4) is 5.75 Å². The first-order chi connectivity index (χ1) is 13.6. The quantitative estimate of drug-likeness (QED) is 0.509. The first-order valence-corrected chi connectivity index (χ1v) is 10.4. The molecule has 0 bridgehead atoms. The van der Waals surface area contributed by atoms with E-state index < -0.39 is 12.7 Å². The van der Waals surface area contributed by atoms with Crippen LogP contribution < -0.4 is 10.1 Å². The third-order valence-electron chi connectivity index (χ3n) is 4.38. The van der Waals surface area contributed by atoms with Crippen molar-refractivity contribution in [3.05, 3.63) is 52.1 Å². The second kappa shape index (κ2) is 8.48. The lowest BCUT2D eigenvalue weighted by molar-refractivity contribution is 0.0897. The molecular weight excluding hydrogens is 446 g/mol. The van der Waals surface area contributed by atoms with Crippen molar-refractivity contribution in [2.45, 2.75) is 31.5 Å². The van der Waals surface area contributed by atoms with Crippen LogP contribution in [-0.4, -0.2) is 36.1 Å². The molecule has 3 aromatic heterocycles. The first-order valence-electron chi connectivity index (χ1n) is 8.79. The molecule has 0 fully saturated rings. The number of anilines is 2. The average molecular weight is 464 g/mol. The highest BCUT2D eigenvalue weighted by Crippen LogP contribution is 2.37. The molecule has 10 heteroatoms. The Morgan fingerprint density at radius 1 is 1.39 bits per heavy atom. The number of pyridine rings is 2. The van der Waals surface area contributed by atoms with Crippen LogP contribution in [0.1, 0.15) is 42.1 Å². The maximum absolute atomic E-state index is 9.66. The molecule has 0 aliphatic heterocycles. The van der Waals surface area contributed by atoms with Gasteiger partial charge >= 0.3 is 0 Å². The molecule has 8 nitrogen and oxygen atoms in total. The van der Waals surface area contributed by atoms with Gasteiger partial charge in [-0.05, 0) is 47.3 Å². The van der Waals surface area contributed by atoms with Gasteiger partial charge in [0.05, 0.1) is 6.61 Å². The van der Waals surface area contributed by atoms with Crippen LogP contribution in [0.4, 0.5) is 10.9 Å². The van der Waals surface area contributed by atoms with E-state index in [9.17, 15) is 5.11 Å². The van der Waals surface area contributed by atoms with Gasteiger partial charge in [0.2, 0.25) is 5.13 Å². The predicted molar refractivity (Wildman–Crippen MR) is 108 cm³/mol. The van der Waals surface area contributed by atoms with Crippen LogP contribution in [0, 0.1) is 0 Å². The number of rotatable bonds is 6. The number of aliphatic hydroxyl groups is 2. The lowest BCUT2D eigenvalue weighted by Crippen LogP contribution is -2.17. The normalized spacial score (nSPS) is 17.0. The van der Waals surface area contributed by atoms with Crippen molar-refractivity contribution in [3.63, 3.8) is 0 Å². The van der Waals surface area contributed by atoms with Gasteiger partial charge < -0.3 is 20.3 Å². The molecule has 0 spiro atoms. The van der Waals surface area contributed by atoms with Crippen LogP contribution >= 0.6 is 27.5 Å². The predicted octanol–water partition coefficient (Wildman–Crippen LogP) is 3.32. The first kappa shape index (κ1) is 19.2. The summed E-state index contributed by atoms with van der Waals surface area (Å²) in [5, 5.41) is 22.2. The molecule has 3 aromatic rings. The van der Waals surface area contributed by atoms with E-state index in [0.29, 0.717) is 16.7 Å². The van der Waals surface area contributed by atoms with E-state index >= 15 is 0 Å². The standard InChI is InChI=1S/C18H18BrN5O3S/c19-10-7-15(27-14-5-1-4-12-11(14)3-2-6-20-12)17(21-8-10)23-18-22-16(24-28-18)13(26)9-25/h2-3,6-8,13-14,25-26H,1,4-5,9H2,(H,21,22,23,24)/t13-,14?/m1/s1. The van der Waals surface area contributed by atoms with Gasteiger partial charge in [-0.2, -0.15) is 4.37 Å². The largest absolute Gasteiger partial charge is 0.482 e. The molecule has 146 valence electrons. The van der Waals surface area contributed by atoms with E-state index in [-0.39, 0.29) is 11.9 Å². The topological polar surface area (TPSA) is 113 Å². The molecule has 4 rings (SSSR count). The highest BCUT2D eigenvalue weighted by molar-refractivity contribution is 9.10. The van der Waals surface area contributed by atoms with Gasteiger partial charge in [0.15, 0.2) is 17.4 Å². The summed E-state index contributed by atoms with van der Waals surface area (Å²) in [6.45, 7) is -0.434. The molecule has 3 N–H and O–H groups in total. The lowest BCUT2D eigenvalue weighted by atomic mass is 9.93. The van der Waals surface area contributed by atoms with Gasteiger partial charge in [-0.1, -0.05) is 6.07 Å². The van der Waals surface area contributed by atoms with E-state index in [0.717, 1.165) is 46.5 Å². The molecule has 1 aliphatic carbocycles. The van der Waals surface area contributed by atoms with Crippen molar-refractivity contribution in [2.75, 3.05) is 11.9 Å². The fourth-order valence-electron chi connectivity index (χ4n) is 3.05. The Bertz CT molecular complexity index is 970. The highest BCUT2D eigenvalue weighted by Gasteiger charge is 2.24. The van der Waals surface area contributed by atoms with Gasteiger partial charge in [-0.25, -0.2) is 9.97 Å². The zero-order valence-corrected chi connectivity index (χ0v) is 17.2. The monoisotopic (exact) mass is 463 g/mol. The summed E-state index contributed by atoms with van der Waals surface area (Å²) in [6.07, 6.45) is 5.13. The van der Waals surface area contributed by atoms with Crippen LogP contribution in [0.5, 0.6) is 5.75 Å². The minimum absolute atomic E-state index is 0.102. The van der Waals surface area contributed by atoms with Gasteiger partial charge in [0, 0.05) is 39.7 Å². The van der Waals surface area contributed by atoms with Gasteiger partial charge in [-0.15, -0.1) is 0 Å². The molecule has 2 atom stereocenters. The van der Waals surface area contributed by atoms with Crippen molar-refractivity contribution in [1.29, 1.82) is 0 Å². The van der Waals surface area contributed by atoms with Crippen molar-refractivity contribution in [2.24, 2.45) is 0 Å².